The quantitative estimate of drug-likeness (QED) is 0.490. The molecule has 7 nitrogen and oxygen atoms in total. The van der Waals surface area contributed by atoms with Crippen molar-refractivity contribution in [3.63, 3.8) is 0 Å². The van der Waals surface area contributed by atoms with E-state index in [0.29, 0.717) is 0 Å². The lowest BCUT2D eigenvalue weighted by molar-refractivity contribution is -0.159. The number of ether oxygens (including phenoxy) is 1. The predicted octanol–water partition coefficient (Wildman–Crippen LogP) is 3.39. The van der Waals surface area contributed by atoms with Gasteiger partial charge in [0.25, 0.3) is 11.8 Å². The van der Waals surface area contributed by atoms with Gasteiger partial charge in [-0.2, -0.15) is 0 Å². The minimum absolute atomic E-state index is 0.00676. The molecule has 162 valence electrons. The van der Waals surface area contributed by atoms with E-state index in [9.17, 15) is 24.3 Å². The molecule has 2 atom stereocenters. The van der Waals surface area contributed by atoms with E-state index in [4.69, 9.17) is 4.74 Å². The van der Waals surface area contributed by atoms with E-state index in [0.717, 1.165) is 10.5 Å². The number of carboxylic acid groups (broad SMARTS) is 1. The van der Waals surface area contributed by atoms with Crippen LogP contribution >= 0.6 is 0 Å². The highest BCUT2D eigenvalue weighted by atomic mass is 16.5. The van der Waals surface area contributed by atoms with E-state index in [1.807, 2.05) is 19.9 Å². The average Bonchev–Trinajstić information content (AvgIpc) is 2.99. The number of fused-ring (bicyclic) bond motifs is 1. The fourth-order valence-corrected chi connectivity index (χ4v) is 3.75. The number of esters is 1. The van der Waals surface area contributed by atoms with Gasteiger partial charge in [0.05, 0.1) is 23.0 Å². The van der Waals surface area contributed by atoms with Crippen LogP contribution in [0.2, 0.25) is 0 Å². The van der Waals surface area contributed by atoms with Crippen molar-refractivity contribution in [2.75, 3.05) is 6.54 Å². The van der Waals surface area contributed by atoms with E-state index in [-0.39, 0.29) is 36.6 Å². The summed E-state index contributed by atoms with van der Waals surface area (Å²) in [5.74, 6) is -5.24. The smallest absolute Gasteiger partial charge is 0.311 e. The van der Waals surface area contributed by atoms with Gasteiger partial charge in [-0.3, -0.25) is 24.1 Å². The molecule has 7 heteroatoms. The van der Waals surface area contributed by atoms with E-state index < -0.39 is 35.6 Å². The van der Waals surface area contributed by atoms with Gasteiger partial charge >= 0.3 is 11.9 Å². The van der Waals surface area contributed by atoms with Crippen molar-refractivity contribution in [2.45, 2.75) is 26.9 Å². The number of imide groups is 1. The molecule has 0 aromatic heterocycles. The highest BCUT2D eigenvalue weighted by Gasteiger charge is 2.42. The highest BCUT2D eigenvalue weighted by molar-refractivity contribution is 6.21. The summed E-state index contributed by atoms with van der Waals surface area (Å²) in [5.41, 5.74) is 1.25. The topological polar surface area (TPSA) is 101 Å². The summed E-state index contributed by atoms with van der Waals surface area (Å²) in [6.45, 7) is 3.34. The number of hydrogen-bond acceptors (Lipinski definition) is 5. The SMILES string of the molecule is CC(C)CC(C(=O)O)C(CN1C(=O)c2ccccc2C1=O)C(=O)OCc1ccccc1. The number of benzene rings is 2. The van der Waals surface area contributed by atoms with Crippen molar-refractivity contribution in [1.82, 2.24) is 4.90 Å². The van der Waals surface area contributed by atoms with Crippen LogP contribution in [0.3, 0.4) is 0 Å². The molecule has 0 fully saturated rings. The lowest BCUT2D eigenvalue weighted by Crippen LogP contribution is -2.43. The van der Waals surface area contributed by atoms with Gasteiger partial charge in [0, 0.05) is 6.54 Å². The Morgan fingerprint density at radius 3 is 1.97 bits per heavy atom. The Kier molecular flexibility index (Phi) is 6.84. The normalized spacial score (nSPS) is 15.0. The maximum absolute atomic E-state index is 13.0. The summed E-state index contributed by atoms with van der Waals surface area (Å²) < 4.78 is 5.41. The summed E-state index contributed by atoms with van der Waals surface area (Å²) in [6, 6.07) is 15.4. The maximum Gasteiger partial charge on any atom is 0.311 e. The number of carbonyl (C=O) groups excluding carboxylic acids is 3. The third-order valence-corrected chi connectivity index (χ3v) is 5.31. The average molecular weight is 423 g/mol. The summed E-state index contributed by atoms with van der Waals surface area (Å²) in [7, 11) is 0. The van der Waals surface area contributed by atoms with Crippen molar-refractivity contribution >= 4 is 23.8 Å². The number of nitrogens with zero attached hydrogens (tertiary/aromatic N) is 1. The van der Waals surface area contributed by atoms with E-state index >= 15 is 0 Å². The fourth-order valence-electron chi connectivity index (χ4n) is 3.75. The molecule has 1 heterocycles. The summed E-state index contributed by atoms with van der Waals surface area (Å²) in [4.78, 5) is 51.5. The summed E-state index contributed by atoms with van der Waals surface area (Å²) >= 11 is 0. The Balaban J connectivity index is 1.85. The summed E-state index contributed by atoms with van der Waals surface area (Å²) in [6.07, 6.45) is 0.212. The number of carboxylic acids is 1. The molecular formula is C24H25NO6. The molecule has 0 aliphatic carbocycles. The van der Waals surface area contributed by atoms with Crippen LogP contribution in [0.25, 0.3) is 0 Å². The molecule has 1 aliphatic rings. The monoisotopic (exact) mass is 423 g/mol. The second-order valence-corrected chi connectivity index (χ2v) is 8.04. The number of rotatable bonds is 9. The Bertz CT molecular complexity index is 950. The number of hydrogen-bond donors (Lipinski definition) is 1. The van der Waals surface area contributed by atoms with Gasteiger partial charge in [-0.25, -0.2) is 0 Å². The molecule has 1 N–H and O–H groups in total. The molecule has 0 saturated carbocycles. The molecule has 0 bridgehead atoms. The minimum Gasteiger partial charge on any atom is -0.481 e. The number of amides is 2. The molecule has 2 aromatic carbocycles. The first-order chi connectivity index (χ1) is 14.8. The Labute approximate surface area is 180 Å². The molecule has 0 spiro atoms. The van der Waals surface area contributed by atoms with Crippen LogP contribution in [0, 0.1) is 17.8 Å². The molecule has 3 rings (SSSR count). The highest BCUT2D eigenvalue weighted by Crippen LogP contribution is 2.29. The third-order valence-electron chi connectivity index (χ3n) is 5.31. The lowest BCUT2D eigenvalue weighted by atomic mass is 9.85. The first kappa shape index (κ1) is 22.2. The van der Waals surface area contributed by atoms with Crippen molar-refractivity contribution in [1.29, 1.82) is 0 Å². The Morgan fingerprint density at radius 1 is 0.903 bits per heavy atom. The van der Waals surface area contributed by atoms with Crippen molar-refractivity contribution in [2.24, 2.45) is 17.8 Å². The Morgan fingerprint density at radius 2 is 1.45 bits per heavy atom. The molecule has 2 aromatic rings. The van der Waals surface area contributed by atoms with E-state index in [1.165, 1.54) is 0 Å². The zero-order chi connectivity index (χ0) is 22.5. The van der Waals surface area contributed by atoms with Crippen LogP contribution in [0.15, 0.2) is 54.6 Å². The largest absolute Gasteiger partial charge is 0.481 e. The first-order valence-corrected chi connectivity index (χ1v) is 10.2. The van der Waals surface area contributed by atoms with Gasteiger partial charge in [0.1, 0.15) is 6.61 Å². The Hall–Kier alpha value is -3.48. The van der Waals surface area contributed by atoms with Gasteiger partial charge in [-0.1, -0.05) is 56.3 Å². The maximum atomic E-state index is 13.0. The van der Waals surface area contributed by atoms with Crippen LogP contribution in [0.1, 0.15) is 46.5 Å². The molecule has 1 aliphatic heterocycles. The zero-order valence-corrected chi connectivity index (χ0v) is 17.5. The zero-order valence-electron chi connectivity index (χ0n) is 17.5. The third kappa shape index (κ3) is 4.99. The van der Waals surface area contributed by atoms with Gasteiger partial charge in [0.2, 0.25) is 0 Å². The molecule has 2 unspecified atom stereocenters. The fraction of sp³-hybridized carbons (Fsp3) is 0.333. The first-order valence-electron chi connectivity index (χ1n) is 10.2. The van der Waals surface area contributed by atoms with Crippen LogP contribution in [-0.2, 0) is 20.9 Å². The second-order valence-electron chi connectivity index (χ2n) is 8.04. The summed E-state index contributed by atoms with van der Waals surface area (Å²) in [5, 5.41) is 9.81. The molecular weight excluding hydrogens is 398 g/mol. The second kappa shape index (κ2) is 9.55. The number of carbonyl (C=O) groups is 4. The van der Waals surface area contributed by atoms with Crippen LogP contribution < -0.4 is 0 Å². The van der Waals surface area contributed by atoms with Gasteiger partial charge in [-0.15, -0.1) is 0 Å². The predicted molar refractivity (Wildman–Crippen MR) is 112 cm³/mol. The minimum atomic E-state index is -1.18. The van der Waals surface area contributed by atoms with Crippen LogP contribution in [0.5, 0.6) is 0 Å². The lowest BCUT2D eigenvalue weighted by Gasteiger charge is -2.27. The van der Waals surface area contributed by atoms with E-state index in [2.05, 4.69) is 0 Å². The number of aliphatic carboxylic acids is 1. The van der Waals surface area contributed by atoms with Crippen LogP contribution in [0.4, 0.5) is 0 Å². The van der Waals surface area contributed by atoms with Gasteiger partial charge in [-0.05, 0) is 30.0 Å². The van der Waals surface area contributed by atoms with Gasteiger partial charge < -0.3 is 9.84 Å². The van der Waals surface area contributed by atoms with Crippen molar-refractivity contribution < 1.29 is 29.0 Å². The molecule has 2 amide bonds. The molecule has 0 radical (unpaired) electrons. The molecule has 0 saturated heterocycles. The van der Waals surface area contributed by atoms with Crippen molar-refractivity contribution in [3.8, 4) is 0 Å². The van der Waals surface area contributed by atoms with Crippen LogP contribution in [-0.4, -0.2) is 40.3 Å². The van der Waals surface area contributed by atoms with Crippen molar-refractivity contribution in [3.05, 3.63) is 71.3 Å². The molecule has 31 heavy (non-hydrogen) atoms. The standard InChI is InChI=1S/C24H25NO6/c1-15(2)12-19(23(28)29)20(24(30)31-14-16-8-4-3-5-9-16)13-25-21(26)17-10-6-7-11-18(17)22(25)27/h3-11,15,19-20H,12-14H2,1-2H3,(H,28,29). The van der Waals surface area contributed by atoms with E-state index in [1.54, 1.807) is 48.5 Å². The van der Waals surface area contributed by atoms with Gasteiger partial charge in [0.15, 0.2) is 0 Å².